The zero-order chi connectivity index (χ0) is 23.6. The number of benzene rings is 2. The highest BCUT2D eigenvalue weighted by Crippen LogP contribution is 2.31. The number of carbonyl (C=O) groups excluding carboxylic acids is 2. The Morgan fingerprint density at radius 3 is 2.15 bits per heavy atom. The molecule has 0 saturated carbocycles. The Morgan fingerprint density at radius 2 is 1.52 bits per heavy atom. The highest BCUT2D eigenvalue weighted by molar-refractivity contribution is 5.94. The van der Waals surface area contributed by atoms with Crippen LogP contribution in [0.1, 0.15) is 66.6 Å². The van der Waals surface area contributed by atoms with Crippen LogP contribution in [0.25, 0.3) is 0 Å². The maximum Gasteiger partial charge on any atom is 0.410 e. The van der Waals surface area contributed by atoms with Gasteiger partial charge in [0, 0.05) is 37.4 Å². The molecule has 0 bridgehead atoms. The van der Waals surface area contributed by atoms with Crippen LogP contribution < -0.4 is 5.73 Å². The summed E-state index contributed by atoms with van der Waals surface area (Å²) in [6.45, 7) is 8.59. The van der Waals surface area contributed by atoms with Crippen LogP contribution in [0.2, 0.25) is 0 Å². The fourth-order valence-corrected chi connectivity index (χ4v) is 4.73. The number of nitrogens with two attached hydrogens (primary N) is 1. The molecule has 2 aliphatic heterocycles. The number of nitrogen functional groups attached to an aromatic ring is 1. The summed E-state index contributed by atoms with van der Waals surface area (Å²) in [7, 11) is 0. The lowest BCUT2D eigenvalue weighted by Crippen LogP contribution is -2.38. The number of hydrogen-bond donors (Lipinski definition) is 1. The average Bonchev–Trinajstić information content (AvgIpc) is 3.00. The van der Waals surface area contributed by atoms with Gasteiger partial charge in [-0.2, -0.15) is 0 Å². The molecule has 1 saturated heterocycles. The summed E-state index contributed by atoms with van der Waals surface area (Å²) in [5.41, 5.74) is 10.6. The molecule has 2 N–H and O–H groups in total. The van der Waals surface area contributed by atoms with E-state index in [-0.39, 0.29) is 12.0 Å². The monoisotopic (exact) mass is 449 g/mol. The minimum absolute atomic E-state index is 0.0811. The summed E-state index contributed by atoms with van der Waals surface area (Å²) in [5.74, 6) is 0.536. The molecule has 2 aromatic carbocycles. The lowest BCUT2D eigenvalue weighted by Gasteiger charge is -2.32. The third kappa shape index (κ3) is 5.67. The van der Waals surface area contributed by atoms with E-state index in [4.69, 9.17) is 10.5 Å². The molecule has 0 radical (unpaired) electrons. The molecule has 6 heteroatoms. The van der Waals surface area contributed by atoms with Gasteiger partial charge in [0.25, 0.3) is 5.91 Å². The number of rotatable bonds is 2. The van der Waals surface area contributed by atoms with Crippen LogP contribution in [-0.4, -0.2) is 53.6 Å². The lowest BCUT2D eigenvalue weighted by molar-refractivity contribution is 0.0258. The van der Waals surface area contributed by atoms with Crippen molar-refractivity contribution < 1.29 is 14.3 Å². The van der Waals surface area contributed by atoms with Gasteiger partial charge in [0.1, 0.15) is 5.60 Å². The summed E-state index contributed by atoms with van der Waals surface area (Å²) in [6, 6.07) is 14.0. The lowest BCUT2D eigenvalue weighted by atomic mass is 9.86. The molecule has 0 aromatic heterocycles. The minimum atomic E-state index is -0.479. The van der Waals surface area contributed by atoms with Crippen molar-refractivity contribution in [3.05, 3.63) is 64.7 Å². The van der Waals surface area contributed by atoms with Gasteiger partial charge < -0.3 is 20.3 Å². The van der Waals surface area contributed by atoms with Crippen molar-refractivity contribution in [2.75, 3.05) is 31.9 Å². The van der Waals surface area contributed by atoms with Crippen LogP contribution in [0.5, 0.6) is 0 Å². The summed E-state index contributed by atoms with van der Waals surface area (Å²) >= 11 is 0. The molecule has 0 unspecified atom stereocenters. The van der Waals surface area contributed by atoms with Crippen LogP contribution in [0, 0.1) is 0 Å². The van der Waals surface area contributed by atoms with Crippen molar-refractivity contribution in [2.24, 2.45) is 0 Å². The zero-order valence-corrected chi connectivity index (χ0v) is 20.0. The Kier molecular flexibility index (Phi) is 6.63. The van der Waals surface area contributed by atoms with E-state index < -0.39 is 5.60 Å². The Bertz CT molecular complexity index is 1000. The van der Waals surface area contributed by atoms with E-state index in [2.05, 4.69) is 18.2 Å². The van der Waals surface area contributed by atoms with Crippen molar-refractivity contribution in [1.29, 1.82) is 0 Å². The average molecular weight is 450 g/mol. The molecule has 2 aromatic rings. The molecule has 1 fully saturated rings. The maximum atomic E-state index is 12.8. The van der Waals surface area contributed by atoms with E-state index in [9.17, 15) is 9.59 Å². The van der Waals surface area contributed by atoms with Crippen molar-refractivity contribution in [3.63, 3.8) is 0 Å². The first kappa shape index (κ1) is 23.1. The number of hydrogen-bond acceptors (Lipinski definition) is 4. The molecule has 0 spiro atoms. The van der Waals surface area contributed by atoms with Crippen molar-refractivity contribution in [3.8, 4) is 0 Å². The first-order valence-electron chi connectivity index (χ1n) is 11.9. The van der Waals surface area contributed by atoms with Gasteiger partial charge in [-0.25, -0.2) is 4.79 Å². The van der Waals surface area contributed by atoms with Gasteiger partial charge in [-0.15, -0.1) is 0 Å². The summed E-state index contributed by atoms with van der Waals surface area (Å²) in [5, 5.41) is 0. The van der Waals surface area contributed by atoms with E-state index in [1.165, 1.54) is 16.7 Å². The second-order valence-electron chi connectivity index (χ2n) is 10.2. The molecule has 2 heterocycles. The first-order chi connectivity index (χ1) is 15.7. The highest BCUT2D eigenvalue weighted by atomic mass is 16.6. The predicted octanol–water partition coefficient (Wildman–Crippen LogP) is 4.62. The number of fused-ring (bicyclic) bond motifs is 1. The third-order valence-electron chi connectivity index (χ3n) is 6.60. The Balaban J connectivity index is 1.36. The molecule has 2 aliphatic rings. The molecular weight excluding hydrogens is 414 g/mol. The number of carbonyl (C=O) groups is 2. The Labute approximate surface area is 196 Å². The van der Waals surface area contributed by atoms with Crippen LogP contribution in [-0.2, 0) is 17.6 Å². The molecule has 6 nitrogen and oxygen atoms in total. The molecule has 176 valence electrons. The van der Waals surface area contributed by atoms with Crippen molar-refractivity contribution in [2.45, 2.75) is 58.0 Å². The summed E-state index contributed by atoms with van der Waals surface area (Å²) in [4.78, 5) is 29.1. The molecule has 0 atom stereocenters. The van der Waals surface area contributed by atoms with E-state index >= 15 is 0 Å². The van der Waals surface area contributed by atoms with E-state index in [1.54, 1.807) is 24.3 Å². The third-order valence-corrected chi connectivity index (χ3v) is 6.60. The maximum absolute atomic E-state index is 12.8. The van der Waals surface area contributed by atoms with Crippen molar-refractivity contribution >= 4 is 17.7 Å². The standard InChI is InChI=1S/C27H35N3O3/c1-27(2,3)33-26(32)30-16-12-19-4-5-22(18-23(19)13-17-30)20-10-14-29(15-11-20)25(31)21-6-8-24(28)9-7-21/h4-9,18,20H,10-17,28H2,1-3H3. The predicted molar refractivity (Wildman–Crippen MR) is 130 cm³/mol. The largest absolute Gasteiger partial charge is 0.444 e. The summed E-state index contributed by atoms with van der Waals surface area (Å²) in [6.07, 6.45) is 3.39. The van der Waals surface area contributed by atoms with Crippen LogP contribution in [0.3, 0.4) is 0 Å². The number of nitrogens with zero attached hydrogens (tertiary/aromatic N) is 2. The summed E-state index contributed by atoms with van der Waals surface area (Å²) < 4.78 is 5.57. The minimum Gasteiger partial charge on any atom is -0.444 e. The van der Waals surface area contributed by atoms with Gasteiger partial charge in [0.05, 0.1) is 0 Å². The fraction of sp³-hybridized carbons (Fsp3) is 0.481. The smallest absolute Gasteiger partial charge is 0.410 e. The topological polar surface area (TPSA) is 75.9 Å². The molecule has 0 aliphatic carbocycles. The van der Waals surface area contributed by atoms with Gasteiger partial charge in [-0.05, 0) is 93.3 Å². The fourth-order valence-electron chi connectivity index (χ4n) is 4.73. The van der Waals surface area contributed by atoms with Crippen LogP contribution in [0.15, 0.2) is 42.5 Å². The SMILES string of the molecule is CC(C)(C)OC(=O)N1CCc2ccc(C3CCN(C(=O)c4ccc(N)cc4)CC3)cc2CC1. The van der Waals surface area contributed by atoms with Gasteiger partial charge in [-0.3, -0.25) is 4.79 Å². The number of piperidine rings is 1. The van der Waals surface area contributed by atoms with Gasteiger partial charge in [0.15, 0.2) is 0 Å². The molecule has 4 rings (SSSR count). The van der Waals surface area contributed by atoms with E-state index in [0.717, 1.165) is 38.8 Å². The number of anilines is 1. The zero-order valence-electron chi connectivity index (χ0n) is 20.0. The number of likely N-dealkylation sites (tertiary alicyclic amines) is 1. The quantitative estimate of drug-likeness (QED) is 0.679. The van der Waals surface area contributed by atoms with Gasteiger partial charge >= 0.3 is 6.09 Å². The second kappa shape index (κ2) is 9.46. The van der Waals surface area contributed by atoms with Crippen molar-refractivity contribution in [1.82, 2.24) is 9.80 Å². The second-order valence-corrected chi connectivity index (χ2v) is 10.2. The molecular formula is C27H35N3O3. The van der Waals surface area contributed by atoms with Gasteiger partial charge in [-0.1, -0.05) is 18.2 Å². The Hall–Kier alpha value is -3.02. The highest BCUT2D eigenvalue weighted by Gasteiger charge is 2.27. The first-order valence-corrected chi connectivity index (χ1v) is 11.9. The van der Waals surface area contributed by atoms with Gasteiger partial charge in [0.2, 0.25) is 0 Å². The number of amides is 2. The number of ether oxygens (including phenoxy) is 1. The molecule has 33 heavy (non-hydrogen) atoms. The normalized spacial score (nSPS) is 17.3. The van der Waals surface area contributed by atoms with Crippen LogP contribution in [0.4, 0.5) is 10.5 Å². The van der Waals surface area contributed by atoms with E-state index in [0.29, 0.717) is 30.3 Å². The van der Waals surface area contributed by atoms with Crippen LogP contribution >= 0.6 is 0 Å². The molecule has 2 amide bonds. The Morgan fingerprint density at radius 1 is 0.879 bits per heavy atom. The van der Waals surface area contributed by atoms with E-state index in [1.807, 2.05) is 30.6 Å².